The third-order valence-corrected chi connectivity index (χ3v) is 7.65. The summed E-state index contributed by atoms with van der Waals surface area (Å²) < 4.78 is 0. The van der Waals surface area contributed by atoms with Gasteiger partial charge in [0.25, 0.3) is 5.91 Å². The number of thiophene rings is 1. The maximum Gasteiger partial charge on any atom is 0.255 e. The molecule has 5 nitrogen and oxygen atoms in total. The van der Waals surface area contributed by atoms with Crippen molar-refractivity contribution in [2.24, 2.45) is 0 Å². The number of nitrogens with one attached hydrogen (secondary N) is 1. The normalized spacial score (nSPS) is 17.7. The first kappa shape index (κ1) is 21.9. The van der Waals surface area contributed by atoms with Crippen molar-refractivity contribution in [3.63, 3.8) is 0 Å². The number of benzene rings is 2. The van der Waals surface area contributed by atoms with E-state index in [-0.39, 0.29) is 23.9 Å². The molecule has 0 saturated carbocycles. The molecule has 2 aliphatic heterocycles. The van der Waals surface area contributed by atoms with Crippen molar-refractivity contribution in [2.75, 3.05) is 13.1 Å². The highest BCUT2D eigenvalue weighted by Gasteiger charge is 2.35. The minimum absolute atomic E-state index is 0.0195. The largest absolute Gasteiger partial charge is 0.353 e. The van der Waals surface area contributed by atoms with Gasteiger partial charge < -0.3 is 10.2 Å². The van der Waals surface area contributed by atoms with Crippen LogP contribution in [0.25, 0.3) is 0 Å². The Hall–Kier alpha value is -2.96. The Kier molecular flexibility index (Phi) is 6.55. The zero-order valence-corrected chi connectivity index (χ0v) is 19.5. The summed E-state index contributed by atoms with van der Waals surface area (Å²) in [6.07, 6.45) is 2.21. The topological polar surface area (TPSA) is 52.7 Å². The van der Waals surface area contributed by atoms with Crippen LogP contribution in [-0.2, 0) is 17.9 Å². The lowest BCUT2D eigenvalue weighted by atomic mass is 10.0. The van der Waals surface area contributed by atoms with Crippen molar-refractivity contribution < 1.29 is 9.59 Å². The van der Waals surface area contributed by atoms with E-state index >= 15 is 0 Å². The van der Waals surface area contributed by atoms with Gasteiger partial charge in [-0.2, -0.15) is 0 Å². The van der Waals surface area contributed by atoms with E-state index in [1.54, 1.807) is 11.3 Å². The Balaban J connectivity index is 1.19. The second kappa shape index (κ2) is 9.89. The van der Waals surface area contributed by atoms with Crippen LogP contribution in [0.5, 0.6) is 0 Å². The number of hydrogen-bond acceptors (Lipinski definition) is 4. The minimum Gasteiger partial charge on any atom is -0.353 e. The molecule has 1 aromatic heterocycles. The SMILES string of the molecule is O=C(C[C@@H](c1cccs1)N1Cc2ccccc2C1=O)NC1CCN(Cc2ccccc2)CC1. The third kappa shape index (κ3) is 5.02. The van der Waals surface area contributed by atoms with Gasteiger partial charge in [0.05, 0.1) is 12.5 Å². The molecule has 3 heterocycles. The smallest absolute Gasteiger partial charge is 0.255 e. The van der Waals surface area contributed by atoms with Crippen molar-refractivity contribution in [3.05, 3.63) is 93.7 Å². The van der Waals surface area contributed by atoms with Gasteiger partial charge in [-0.05, 0) is 41.5 Å². The monoisotopic (exact) mass is 459 g/mol. The standard InChI is InChI=1S/C27H29N3O2S/c31-26(28-22-12-14-29(15-13-22)18-20-7-2-1-3-8-20)17-24(25-11-6-16-33-25)30-19-21-9-4-5-10-23(21)27(30)32/h1-11,16,22,24H,12-15,17-19H2,(H,28,31)/t24-/m0/s1. The molecule has 3 aromatic rings. The van der Waals surface area contributed by atoms with Crippen LogP contribution in [0.15, 0.2) is 72.1 Å². The highest BCUT2D eigenvalue weighted by atomic mass is 32.1. The maximum atomic E-state index is 13.1. The predicted octanol–water partition coefficient (Wildman–Crippen LogP) is 4.62. The van der Waals surface area contributed by atoms with Crippen LogP contribution >= 0.6 is 11.3 Å². The highest BCUT2D eigenvalue weighted by molar-refractivity contribution is 7.10. The van der Waals surface area contributed by atoms with Gasteiger partial charge in [-0.3, -0.25) is 14.5 Å². The fourth-order valence-corrected chi connectivity index (χ4v) is 5.75. The summed E-state index contributed by atoms with van der Waals surface area (Å²) in [5, 5.41) is 5.27. The highest BCUT2D eigenvalue weighted by Crippen LogP contribution is 2.35. The van der Waals surface area contributed by atoms with Gasteiger partial charge in [0.15, 0.2) is 0 Å². The molecule has 0 aliphatic carbocycles. The Labute approximate surface area is 199 Å². The van der Waals surface area contributed by atoms with Crippen LogP contribution in [0.4, 0.5) is 0 Å². The summed E-state index contributed by atoms with van der Waals surface area (Å²) in [5.74, 6) is 0.0460. The van der Waals surface area contributed by atoms with E-state index in [1.165, 1.54) is 5.56 Å². The molecule has 170 valence electrons. The Bertz CT molecular complexity index is 1090. The first-order chi connectivity index (χ1) is 16.2. The quantitative estimate of drug-likeness (QED) is 0.561. The van der Waals surface area contributed by atoms with Gasteiger partial charge in [-0.25, -0.2) is 0 Å². The van der Waals surface area contributed by atoms with Crippen LogP contribution < -0.4 is 5.32 Å². The maximum absolute atomic E-state index is 13.1. The lowest BCUT2D eigenvalue weighted by molar-refractivity contribution is -0.123. The van der Waals surface area contributed by atoms with Gasteiger partial charge in [-0.15, -0.1) is 11.3 Å². The average Bonchev–Trinajstić information content (AvgIpc) is 3.48. The number of hydrogen-bond donors (Lipinski definition) is 1. The summed E-state index contributed by atoms with van der Waals surface area (Å²) in [4.78, 5) is 31.5. The summed E-state index contributed by atoms with van der Waals surface area (Å²) in [6.45, 7) is 3.48. The fraction of sp³-hybridized carbons (Fsp3) is 0.333. The number of rotatable bonds is 7. The first-order valence-electron chi connectivity index (χ1n) is 11.7. The molecule has 1 N–H and O–H groups in total. The molecular weight excluding hydrogens is 430 g/mol. The van der Waals surface area contributed by atoms with E-state index < -0.39 is 0 Å². The average molecular weight is 460 g/mol. The van der Waals surface area contributed by atoms with Gasteiger partial charge in [0, 0.05) is 42.7 Å². The van der Waals surface area contributed by atoms with Gasteiger partial charge in [0.1, 0.15) is 0 Å². The Morgan fingerprint density at radius 1 is 1.00 bits per heavy atom. The number of nitrogens with zero attached hydrogens (tertiary/aromatic N) is 2. The zero-order chi connectivity index (χ0) is 22.6. The first-order valence-corrected chi connectivity index (χ1v) is 12.5. The van der Waals surface area contributed by atoms with Crippen LogP contribution in [-0.4, -0.2) is 40.7 Å². The zero-order valence-electron chi connectivity index (χ0n) is 18.7. The van der Waals surface area contributed by atoms with E-state index in [1.807, 2.05) is 52.7 Å². The molecule has 33 heavy (non-hydrogen) atoms. The molecule has 0 radical (unpaired) electrons. The van der Waals surface area contributed by atoms with Crippen molar-refractivity contribution >= 4 is 23.2 Å². The molecule has 0 unspecified atom stereocenters. The molecule has 5 rings (SSSR count). The lowest BCUT2D eigenvalue weighted by Gasteiger charge is -2.33. The number of carbonyl (C=O) groups excluding carboxylic acids is 2. The minimum atomic E-state index is -0.233. The van der Waals surface area contributed by atoms with Crippen LogP contribution in [0, 0.1) is 0 Å². The third-order valence-electron chi connectivity index (χ3n) is 6.68. The van der Waals surface area contributed by atoms with Gasteiger partial charge >= 0.3 is 0 Å². The van der Waals surface area contributed by atoms with Gasteiger partial charge in [-0.1, -0.05) is 54.6 Å². The fourth-order valence-electron chi connectivity index (χ4n) is 4.91. The summed E-state index contributed by atoms with van der Waals surface area (Å²) in [7, 11) is 0. The van der Waals surface area contributed by atoms with Crippen molar-refractivity contribution in [2.45, 2.75) is 44.4 Å². The molecule has 1 saturated heterocycles. The molecule has 2 aliphatic rings. The number of piperidine rings is 1. The lowest BCUT2D eigenvalue weighted by Crippen LogP contribution is -2.45. The molecule has 2 amide bonds. The molecule has 0 spiro atoms. The molecular formula is C27H29N3O2S. The Morgan fingerprint density at radius 3 is 2.48 bits per heavy atom. The number of fused-ring (bicyclic) bond motifs is 1. The molecule has 2 aromatic carbocycles. The molecule has 1 atom stereocenters. The Morgan fingerprint density at radius 2 is 1.76 bits per heavy atom. The number of amides is 2. The molecule has 0 bridgehead atoms. The molecule has 1 fully saturated rings. The van der Waals surface area contributed by atoms with E-state index in [4.69, 9.17) is 0 Å². The van der Waals surface area contributed by atoms with E-state index in [9.17, 15) is 9.59 Å². The summed E-state index contributed by atoms with van der Waals surface area (Å²) in [5.41, 5.74) is 3.12. The molecule has 6 heteroatoms. The van der Waals surface area contributed by atoms with Crippen molar-refractivity contribution in [1.29, 1.82) is 0 Å². The van der Waals surface area contributed by atoms with Crippen molar-refractivity contribution in [1.82, 2.24) is 15.1 Å². The van der Waals surface area contributed by atoms with E-state index in [0.29, 0.717) is 13.0 Å². The predicted molar refractivity (Wildman–Crippen MR) is 131 cm³/mol. The van der Waals surface area contributed by atoms with Crippen LogP contribution in [0.1, 0.15) is 51.7 Å². The number of likely N-dealkylation sites (tertiary alicyclic amines) is 1. The van der Waals surface area contributed by atoms with Crippen LogP contribution in [0.2, 0.25) is 0 Å². The van der Waals surface area contributed by atoms with Crippen molar-refractivity contribution in [3.8, 4) is 0 Å². The second-order valence-electron chi connectivity index (χ2n) is 8.93. The van der Waals surface area contributed by atoms with Gasteiger partial charge in [0.2, 0.25) is 5.91 Å². The van der Waals surface area contributed by atoms with Crippen LogP contribution in [0.3, 0.4) is 0 Å². The number of carbonyl (C=O) groups is 2. The summed E-state index contributed by atoms with van der Waals surface area (Å²) >= 11 is 1.61. The van der Waals surface area contributed by atoms with E-state index in [2.05, 4.69) is 34.5 Å². The van der Waals surface area contributed by atoms with E-state index in [0.717, 1.165) is 48.5 Å². The summed E-state index contributed by atoms with van der Waals surface area (Å²) in [6, 6.07) is 22.3. The second-order valence-corrected chi connectivity index (χ2v) is 9.91.